The van der Waals surface area contributed by atoms with Gasteiger partial charge in [-0.25, -0.2) is 9.97 Å². The molecule has 0 unspecified atom stereocenters. The first-order valence-corrected chi connectivity index (χ1v) is 7.14. The smallest absolute Gasteiger partial charge is 0.214 e. The van der Waals surface area contributed by atoms with Crippen molar-refractivity contribution in [3.05, 3.63) is 46.4 Å². The van der Waals surface area contributed by atoms with Crippen molar-refractivity contribution in [2.75, 3.05) is 0 Å². The third-order valence-electron chi connectivity index (χ3n) is 3.29. The summed E-state index contributed by atoms with van der Waals surface area (Å²) in [4.78, 5) is 8.88. The number of oxazole rings is 1. The molecule has 0 aliphatic heterocycles. The molecule has 3 aromatic rings. The van der Waals surface area contributed by atoms with Crippen LogP contribution >= 0.6 is 23.2 Å². The molecule has 0 aliphatic rings. The number of rotatable bonds is 3. The Morgan fingerprint density at radius 3 is 2.70 bits per heavy atom. The molecule has 0 fully saturated rings. The number of para-hydroxylation sites is 1. The Bertz CT molecular complexity index is 757. The van der Waals surface area contributed by atoms with E-state index in [1.807, 2.05) is 36.6 Å². The van der Waals surface area contributed by atoms with E-state index in [0.717, 1.165) is 28.3 Å². The highest BCUT2D eigenvalue weighted by atomic mass is 35.5. The van der Waals surface area contributed by atoms with E-state index in [2.05, 4.69) is 9.97 Å². The minimum absolute atomic E-state index is 0.309. The average molecular weight is 310 g/mol. The van der Waals surface area contributed by atoms with E-state index < -0.39 is 0 Å². The Balaban J connectivity index is 2.12. The van der Waals surface area contributed by atoms with Gasteiger partial charge in [0.25, 0.3) is 0 Å². The number of aromatic nitrogens is 3. The third kappa shape index (κ3) is 2.19. The van der Waals surface area contributed by atoms with Gasteiger partial charge < -0.3 is 8.98 Å². The van der Waals surface area contributed by atoms with Crippen LogP contribution in [-0.4, -0.2) is 14.5 Å². The molecule has 1 aromatic carbocycles. The molecule has 2 aromatic heterocycles. The van der Waals surface area contributed by atoms with Crippen molar-refractivity contribution in [3.63, 3.8) is 0 Å². The lowest BCUT2D eigenvalue weighted by molar-refractivity contribution is 0.457. The van der Waals surface area contributed by atoms with E-state index in [-0.39, 0.29) is 0 Å². The molecule has 104 valence electrons. The molecule has 20 heavy (non-hydrogen) atoms. The fourth-order valence-corrected chi connectivity index (χ4v) is 2.60. The lowest BCUT2D eigenvalue weighted by Crippen LogP contribution is -2.04. The van der Waals surface area contributed by atoms with E-state index in [1.165, 1.54) is 0 Å². The third-order valence-corrected chi connectivity index (χ3v) is 3.84. The molecular weight excluding hydrogens is 297 g/mol. The van der Waals surface area contributed by atoms with Gasteiger partial charge in [0.05, 0.1) is 22.1 Å². The van der Waals surface area contributed by atoms with Crippen LogP contribution in [0.25, 0.3) is 11.0 Å². The summed E-state index contributed by atoms with van der Waals surface area (Å²) < 4.78 is 7.62. The molecule has 0 atom stereocenters. The first-order chi connectivity index (χ1) is 9.60. The Morgan fingerprint density at radius 1 is 1.25 bits per heavy atom. The SMILES string of the molecule is Cc1nc(Cn2c(CCl)nc3c(Cl)cccc32)oc1C. The molecule has 0 radical (unpaired) electrons. The van der Waals surface area contributed by atoms with E-state index in [0.29, 0.717) is 23.3 Å². The maximum atomic E-state index is 6.17. The number of halogens is 2. The summed E-state index contributed by atoms with van der Waals surface area (Å²) in [5.74, 6) is 2.53. The van der Waals surface area contributed by atoms with Crippen LogP contribution in [0.4, 0.5) is 0 Å². The molecule has 0 aliphatic carbocycles. The van der Waals surface area contributed by atoms with Crippen molar-refractivity contribution in [2.45, 2.75) is 26.3 Å². The van der Waals surface area contributed by atoms with Gasteiger partial charge in [-0.1, -0.05) is 17.7 Å². The highest BCUT2D eigenvalue weighted by Crippen LogP contribution is 2.25. The Hall–Kier alpha value is -1.52. The molecule has 0 saturated heterocycles. The van der Waals surface area contributed by atoms with Gasteiger partial charge in [0.2, 0.25) is 5.89 Å². The van der Waals surface area contributed by atoms with Crippen LogP contribution in [0.3, 0.4) is 0 Å². The normalized spacial score (nSPS) is 11.4. The predicted octanol–water partition coefficient (Wildman–Crippen LogP) is 4.08. The maximum Gasteiger partial charge on any atom is 0.214 e. The first kappa shape index (κ1) is 13.5. The van der Waals surface area contributed by atoms with Gasteiger partial charge in [-0.15, -0.1) is 11.6 Å². The molecule has 4 nitrogen and oxygen atoms in total. The predicted molar refractivity (Wildman–Crippen MR) is 79.4 cm³/mol. The summed E-state index contributed by atoms with van der Waals surface area (Å²) in [6.07, 6.45) is 0. The largest absolute Gasteiger partial charge is 0.444 e. The molecule has 0 saturated carbocycles. The van der Waals surface area contributed by atoms with Gasteiger partial charge in [0, 0.05) is 0 Å². The number of fused-ring (bicyclic) bond motifs is 1. The van der Waals surface area contributed by atoms with Gasteiger partial charge in [-0.3, -0.25) is 0 Å². The summed E-state index contributed by atoms with van der Waals surface area (Å²) >= 11 is 12.2. The summed E-state index contributed by atoms with van der Waals surface area (Å²) in [6, 6.07) is 5.68. The second-order valence-electron chi connectivity index (χ2n) is 4.60. The van der Waals surface area contributed by atoms with E-state index >= 15 is 0 Å². The summed E-state index contributed by atoms with van der Waals surface area (Å²) in [5.41, 5.74) is 2.58. The second kappa shape index (κ2) is 5.11. The van der Waals surface area contributed by atoms with E-state index in [4.69, 9.17) is 27.6 Å². The van der Waals surface area contributed by atoms with Crippen LogP contribution in [0.5, 0.6) is 0 Å². The van der Waals surface area contributed by atoms with Gasteiger partial charge >= 0.3 is 0 Å². The minimum Gasteiger partial charge on any atom is -0.444 e. The van der Waals surface area contributed by atoms with E-state index in [1.54, 1.807) is 0 Å². The fourth-order valence-electron chi connectivity index (χ4n) is 2.18. The van der Waals surface area contributed by atoms with Gasteiger partial charge in [-0.2, -0.15) is 0 Å². The number of nitrogens with zero attached hydrogens (tertiary/aromatic N) is 3. The zero-order valence-electron chi connectivity index (χ0n) is 11.2. The highest BCUT2D eigenvalue weighted by molar-refractivity contribution is 6.35. The molecule has 0 spiro atoms. The molecule has 0 amide bonds. The Morgan fingerprint density at radius 2 is 2.05 bits per heavy atom. The number of benzene rings is 1. The number of hydrogen-bond donors (Lipinski definition) is 0. The molecule has 3 rings (SSSR count). The monoisotopic (exact) mass is 309 g/mol. The van der Waals surface area contributed by atoms with Crippen LogP contribution < -0.4 is 0 Å². The standard InChI is InChI=1S/C14H13Cl2N3O/c1-8-9(2)20-13(17-8)7-19-11-5-3-4-10(16)14(11)18-12(19)6-15/h3-5H,6-7H2,1-2H3. The number of hydrogen-bond acceptors (Lipinski definition) is 3. The quantitative estimate of drug-likeness (QED) is 0.685. The lowest BCUT2D eigenvalue weighted by atomic mass is 10.3. The van der Waals surface area contributed by atoms with Crippen LogP contribution in [0, 0.1) is 13.8 Å². The summed E-state index contributed by atoms with van der Waals surface area (Å²) in [6.45, 7) is 4.32. The zero-order valence-corrected chi connectivity index (χ0v) is 12.7. The average Bonchev–Trinajstić information content (AvgIpc) is 2.93. The van der Waals surface area contributed by atoms with Crippen molar-refractivity contribution in [1.29, 1.82) is 0 Å². The Kier molecular flexibility index (Phi) is 3.44. The lowest BCUT2D eigenvalue weighted by Gasteiger charge is -2.04. The Labute approximate surface area is 126 Å². The van der Waals surface area contributed by atoms with Gasteiger partial charge in [-0.05, 0) is 26.0 Å². The van der Waals surface area contributed by atoms with Crippen molar-refractivity contribution in [3.8, 4) is 0 Å². The minimum atomic E-state index is 0.309. The molecular formula is C14H13Cl2N3O. The second-order valence-corrected chi connectivity index (χ2v) is 5.28. The van der Waals surface area contributed by atoms with Crippen LogP contribution in [0.15, 0.2) is 22.6 Å². The van der Waals surface area contributed by atoms with Crippen LogP contribution in [0.2, 0.25) is 5.02 Å². The van der Waals surface area contributed by atoms with E-state index in [9.17, 15) is 0 Å². The number of alkyl halides is 1. The molecule has 2 heterocycles. The number of aryl methyl sites for hydroxylation is 2. The maximum absolute atomic E-state index is 6.17. The zero-order chi connectivity index (χ0) is 14.3. The highest BCUT2D eigenvalue weighted by Gasteiger charge is 2.15. The summed E-state index contributed by atoms with van der Waals surface area (Å²) in [7, 11) is 0. The van der Waals surface area contributed by atoms with Gasteiger partial charge in [0.1, 0.15) is 23.6 Å². The number of imidazole rings is 1. The first-order valence-electron chi connectivity index (χ1n) is 6.22. The van der Waals surface area contributed by atoms with Crippen molar-refractivity contribution in [1.82, 2.24) is 14.5 Å². The summed E-state index contributed by atoms with van der Waals surface area (Å²) in [5, 5.41) is 0.618. The molecule has 0 bridgehead atoms. The topological polar surface area (TPSA) is 43.9 Å². The van der Waals surface area contributed by atoms with Crippen molar-refractivity contribution < 1.29 is 4.42 Å². The van der Waals surface area contributed by atoms with Crippen molar-refractivity contribution >= 4 is 34.2 Å². The van der Waals surface area contributed by atoms with Crippen LogP contribution in [-0.2, 0) is 12.4 Å². The van der Waals surface area contributed by atoms with Crippen molar-refractivity contribution in [2.24, 2.45) is 0 Å². The fraction of sp³-hybridized carbons (Fsp3) is 0.286. The van der Waals surface area contributed by atoms with Gasteiger partial charge in [0.15, 0.2) is 0 Å². The molecule has 0 N–H and O–H groups in total. The van der Waals surface area contributed by atoms with Crippen LogP contribution in [0.1, 0.15) is 23.2 Å². The molecule has 6 heteroatoms.